The van der Waals surface area contributed by atoms with Gasteiger partial charge in [-0.25, -0.2) is 4.98 Å². The first-order valence-corrected chi connectivity index (χ1v) is 6.46. The highest BCUT2D eigenvalue weighted by Crippen LogP contribution is 2.33. The van der Waals surface area contributed by atoms with Gasteiger partial charge in [-0.05, 0) is 25.7 Å². The molecule has 1 aromatic rings. The van der Waals surface area contributed by atoms with E-state index in [9.17, 15) is 0 Å². The fourth-order valence-electron chi connectivity index (χ4n) is 2.72. The molecule has 1 aliphatic carbocycles. The van der Waals surface area contributed by atoms with Crippen molar-refractivity contribution in [2.24, 2.45) is 0 Å². The van der Waals surface area contributed by atoms with Crippen LogP contribution in [0.25, 0.3) is 0 Å². The van der Waals surface area contributed by atoms with E-state index < -0.39 is 0 Å². The lowest BCUT2D eigenvalue weighted by Crippen LogP contribution is -2.12. The van der Waals surface area contributed by atoms with Crippen LogP contribution in [0.2, 0.25) is 0 Å². The number of nitrogens with two attached hydrogens (primary N) is 1. The molecule has 3 rings (SSSR count). The monoisotopic (exact) mass is 234 g/mol. The maximum absolute atomic E-state index is 5.78. The van der Waals surface area contributed by atoms with E-state index in [0.717, 1.165) is 31.1 Å². The Morgan fingerprint density at radius 2 is 1.71 bits per heavy atom. The minimum Gasteiger partial charge on any atom is -0.370 e. The van der Waals surface area contributed by atoms with Crippen LogP contribution >= 0.6 is 0 Å². The van der Waals surface area contributed by atoms with Gasteiger partial charge in [-0.1, -0.05) is 12.8 Å². The molecule has 2 N–H and O–H groups in total. The highest BCUT2D eigenvalue weighted by Gasteiger charge is 2.25. The minimum atomic E-state index is 0.0282. The first-order chi connectivity index (χ1) is 8.33. The van der Waals surface area contributed by atoms with E-state index in [0.29, 0.717) is 11.9 Å². The summed E-state index contributed by atoms with van der Waals surface area (Å²) < 4.78 is 5.60. The number of rotatable bonds is 2. The van der Waals surface area contributed by atoms with Crippen molar-refractivity contribution in [2.75, 3.05) is 12.3 Å². The van der Waals surface area contributed by atoms with Gasteiger partial charge >= 0.3 is 0 Å². The molecule has 2 fully saturated rings. The van der Waals surface area contributed by atoms with Crippen LogP contribution in [0.5, 0.6) is 0 Å². The van der Waals surface area contributed by atoms with Gasteiger partial charge in [-0.2, -0.15) is 9.97 Å². The van der Waals surface area contributed by atoms with E-state index in [1.165, 1.54) is 25.7 Å². The second kappa shape index (κ2) is 4.56. The van der Waals surface area contributed by atoms with Gasteiger partial charge in [0, 0.05) is 12.5 Å². The third-order valence-corrected chi connectivity index (χ3v) is 3.63. The molecule has 1 unspecified atom stereocenters. The SMILES string of the molecule is Nc1nc(C2CCCC2)nc(C2CCCO2)n1. The van der Waals surface area contributed by atoms with E-state index in [1.54, 1.807) is 0 Å². The third-order valence-electron chi connectivity index (χ3n) is 3.63. The molecule has 5 nitrogen and oxygen atoms in total. The quantitative estimate of drug-likeness (QED) is 0.846. The van der Waals surface area contributed by atoms with Crippen molar-refractivity contribution in [3.63, 3.8) is 0 Å². The summed E-state index contributed by atoms with van der Waals surface area (Å²) in [5, 5.41) is 0. The molecular weight excluding hydrogens is 216 g/mol. The maximum Gasteiger partial charge on any atom is 0.223 e. The Labute approximate surface area is 101 Å². The Kier molecular flexibility index (Phi) is 2.93. The molecule has 1 saturated carbocycles. The van der Waals surface area contributed by atoms with Crippen molar-refractivity contribution >= 4 is 5.95 Å². The molecule has 0 radical (unpaired) electrons. The van der Waals surface area contributed by atoms with Crippen LogP contribution in [-0.4, -0.2) is 21.6 Å². The molecule has 2 heterocycles. The van der Waals surface area contributed by atoms with E-state index >= 15 is 0 Å². The molecule has 0 amide bonds. The number of nitrogens with zero attached hydrogens (tertiary/aromatic N) is 3. The van der Waals surface area contributed by atoms with Crippen molar-refractivity contribution in [2.45, 2.75) is 50.5 Å². The molecule has 1 atom stereocenters. The number of hydrogen-bond donors (Lipinski definition) is 1. The predicted molar refractivity (Wildman–Crippen MR) is 63.4 cm³/mol. The number of anilines is 1. The number of aromatic nitrogens is 3. The lowest BCUT2D eigenvalue weighted by Gasteiger charge is -2.12. The van der Waals surface area contributed by atoms with Crippen molar-refractivity contribution in [1.29, 1.82) is 0 Å². The Bertz CT molecular complexity index is 363. The van der Waals surface area contributed by atoms with Gasteiger partial charge in [0.05, 0.1) is 0 Å². The highest BCUT2D eigenvalue weighted by molar-refractivity contribution is 5.19. The van der Waals surface area contributed by atoms with Gasteiger partial charge in [0.15, 0.2) is 5.82 Å². The van der Waals surface area contributed by atoms with E-state index in [2.05, 4.69) is 15.0 Å². The molecule has 2 aliphatic rings. The zero-order chi connectivity index (χ0) is 11.7. The van der Waals surface area contributed by atoms with Gasteiger partial charge in [0.1, 0.15) is 11.9 Å². The van der Waals surface area contributed by atoms with Gasteiger partial charge in [0.2, 0.25) is 5.95 Å². The van der Waals surface area contributed by atoms with E-state index in [-0.39, 0.29) is 6.10 Å². The predicted octanol–water partition coefficient (Wildman–Crippen LogP) is 1.96. The summed E-state index contributed by atoms with van der Waals surface area (Å²) in [7, 11) is 0. The normalized spacial score (nSPS) is 25.5. The molecule has 0 spiro atoms. The summed E-state index contributed by atoms with van der Waals surface area (Å²) in [4.78, 5) is 13.1. The second-order valence-corrected chi connectivity index (χ2v) is 4.89. The molecule has 1 aromatic heterocycles. The Hall–Kier alpha value is -1.23. The van der Waals surface area contributed by atoms with Gasteiger partial charge in [-0.3, -0.25) is 0 Å². The molecular formula is C12H18N4O. The summed E-state index contributed by atoms with van der Waals surface area (Å²) in [6.45, 7) is 0.801. The third kappa shape index (κ3) is 2.24. The fourth-order valence-corrected chi connectivity index (χ4v) is 2.72. The zero-order valence-corrected chi connectivity index (χ0v) is 9.93. The smallest absolute Gasteiger partial charge is 0.223 e. The lowest BCUT2D eigenvalue weighted by molar-refractivity contribution is 0.104. The molecule has 92 valence electrons. The van der Waals surface area contributed by atoms with Crippen LogP contribution in [0.15, 0.2) is 0 Å². The summed E-state index contributed by atoms with van der Waals surface area (Å²) >= 11 is 0. The van der Waals surface area contributed by atoms with Crippen LogP contribution in [-0.2, 0) is 4.74 Å². The molecule has 1 saturated heterocycles. The largest absolute Gasteiger partial charge is 0.370 e. The minimum absolute atomic E-state index is 0.0282. The molecule has 0 aromatic carbocycles. The maximum atomic E-state index is 5.78. The summed E-state index contributed by atoms with van der Waals surface area (Å²) in [6.07, 6.45) is 6.99. The Morgan fingerprint density at radius 1 is 0.941 bits per heavy atom. The summed E-state index contributed by atoms with van der Waals surface area (Å²) in [5.41, 5.74) is 5.78. The number of hydrogen-bond acceptors (Lipinski definition) is 5. The molecule has 17 heavy (non-hydrogen) atoms. The lowest BCUT2D eigenvalue weighted by atomic mass is 10.1. The van der Waals surface area contributed by atoms with Crippen LogP contribution in [0, 0.1) is 0 Å². The Morgan fingerprint density at radius 3 is 2.41 bits per heavy atom. The van der Waals surface area contributed by atoms with Crippen LogP contribution in [0.4, 0.5) is 5.95 Å². The fraction of sp³-hybridized carbons (Fsp3) is 0.750. The first kappa shape index (κ1) is 10.9. The van der Waals surface area contributed by atoms with Crippen molar-refractivity contribution in [3.8, 4) is 0 Å². The van der Waals surface area contributed by atoms with E-state index in [4.69, 9.17) is 10.5 Å². The highest BCUT2D eigenvalue weighted by atomic mass is 16.5. The zero-order valence-electron chi connectivity index (χ0n) is 9.93. The van der Waals surface area contributed by atoms with Gasteiger partial charge in [0.25, 0.3) is 0 Å². The van der Waals surface area contributed by atoms with Gasteiger partial charge < -0.3 is 10.5 Å². The molecule has 1 aliphatic heterocycles. The molecule has 0 bridgehead atoms. The topological polar surface area (TPSA) is 73.9 Å². The van der Waals surface area contributed by atoms with Crippen LogP contribution < -0.4 is 5.73 Å². The Balaban J connectivity index is 1.88. The number of nitrogen functional groups attached to an aromatic ring is 1. The average Bonchev–Trinajstić information content (AvgIpc) is 3.02. The van der Waals surface area contributed by atoms with Crippen LogP contribution in [0.1, 0.15) is 62.2 Å². The van der Waals surface area contributed by atoms with E-state index in [1.807, 2.05) is 0 Å². The first-order valence-electron chi connectivity index (χ1n) is 6.46. The van der Waals surface area contributed by atoms with Gasteiger partial charge in [-0.15, -0.1) is 0 Å². The van der Waals surface area contributed by atoms with Crippen LogP contribution in [0.3, 0.4) is 0 Å². The van der Waals surface area contributed by atoms with Crippen molar-refractivity contribution in [3.05, 3.63) is 11.6 Å². The number of ether oxygens (including phenoxy) is 1. The van der Waals surface area contributed by atoms with Crippen molar-refractivity contribution in [1.82, 2.24) is 15.0 Å². The summed E-state index contributed by atoms with van der Waals surface area (Å²) in [6, 6.07) is 0. The second-order valence-electron chi connectivity index (χ2n) is 4.89. The van der Waals surface area contributed by atoms with Crippen molar-refractivity contribution < 1.29 is 4.74 Å². The standard InChI is InChI=1S/C12H18N4O/c13-12-15-10(8-4-1-2-5-8)14-11(16-12)9-6-3-7-17-9/h8-9H,1-7H2,(H2,13,14,15,16). The molecule has 5 heteroatoms. The summed E-state index contributed by atoms with van der Waals surface area (Å²) in [5.74, 6) is 2.42. The average molecular weight is 234 g/mol.